The van der Waals surface area contributed by atoms with Crippen LogP contribution in [0.1, 0.15) is 19.4 Å². The van der Waals surface area contributed by atoms with E-state index in [0.29, 0.717) is 19.0 Å². The highest BCUT2D eigenvalue weighted by molar-refractivity contribution is 5.78. The standard InChI is InChI=1S/C15H23N3O/c1-11(2)9-17-15(16)18-10-13(4)19-14-7-5-6-12(3)8-14/h5-8,13H,1,9-10H2,2-4H3,(H3,16,17,18). The highest BCUT2D eigenvalue weighted by Crippen LogP contribution is 2.14. The number of hydrogen-bond acceptors (Lipinski definition) is 2. The van der Waals surface area contributed by atoms with Crippen molar-refractivity contribution in [1.29, 1.82) is 0 Å². The van der Waals surface area contributed by atoms with Gasteiger partial charge in [0.15, 0.2) is 5.96 Å². The Hall–Kier alpha value is -1.97. The van der Waals surface area contributed by atoms with Crippen LogP contribution < -0.4 is 15.8 Å². The molecule has 1 rings (SSSR count). The second-order valence-corrected chi connectivity index (χ2v) is 4.78. The topological polar surface area (TPSA) is 59.6 Å². The molecule has 4 nitrogen and oxygen atoms in total. The van der Waals surface area contributed by atoms with Gasteiger partial charge in [-0.2, -0.15) is 0 Å². The summed E-state index contributed by atoms with van der Waals surface area (Å²) in [5, 5.41) is 2.98. The molecule has 0 spiro atoms. The first-order valence-corrected chi connectivity index (χ1v) is 6.39. The predicted octanol–water partition coefficient (Wildman–Crippen LogP) is 2.24. The molecular formula is C15H23N3O. The number of benzene rings is 1. The lowest BCUT2D eigenvalue weighted by atomic mass is 10.2. The minimum Gasteiger partial charge on any atom is -0.489 e. The van der Waals surface area contributed by atoms with E-state index in [4.69, 9.17) is 10.5 Å². The fraction of sp³-hybridized carbons (Fsp3) is 0.400. The van der Waals surface area contributed by atoms with E-state index >= 15 is 0 Å². The largest absolute Gasteiger partial charge is 0.489 e. The molecule has 0 saturated carbocycles. The molecule has 0 amide bonds. The summed E-state index contributed by atoms with van der Waals surface area (Å²) in [4.78, 5) is 4.23. The Bertz CT molecular complexity index is 454. The molecule has 19 heavy (non-hydrogen) atoms. The second-order valence-electron chi connectivity index (χ2n) is 4.78. The van der Waals surface area contributed by atoms with E-state index in [2.05, 4.69) is 16.9 Å². The number of nitrogens with one attached hydrogen (secondary N) is 1. The third kappa shape index (κ3) is 6.50. The van der Waals surface area contributed by atoms with Crippen LogP contribution in [0.3, 0.4) is 0 Å². The number of ether oxygens (including phenoxy) is 1. The van der Waals surface area contributed by atoms with Crippen LogP contribution in [0, 0.1) is 6.92 Å². The highest BCUT2D eigenvalue weighted by Gasteiger charge is 2.03. The Morgan fingerprint density at radius 3 is 2.89 bits per heavy atom. The first kappa shape index (κ1) is 15.1. The monoisotopic (exact) mass is 261 g/mol. The van der Waals surface area contributed by atoms with Crippen molar-refractivity contribution in [3.8, 4) is 5.75 Å². The van der Waals surface area contributed by atoms with Crippen molar-refractivity contribution >= 4 is 5.96 Å². The van der Waals surface area contributed by atoms with Gasteiger partial charge in [-0.15, -0.1) is 0 Å². The van der Waals surface area contributed by atoms with Crippen LogP contribution in [0.4, 0.5) is 0 Å². The molecular weight excluding hydrogens is 238 g/mol. The molecule has 3 N–H and O–H groups in total. The molecule has 0 saturated heterocycles. The van der Waals surface area contributed by atoms with Gasteiger partial charge in [-0.3, -0.25) is 0 Å². The summed E-state index contributed by atoms with van der Waals surface area (Å²) in [5.74, 6) is 1.28. The molecule has 104 valence electrons. The average Bonchev–Trinajstić information content (AvgIpc) is 2.34. The molecule has 1 aromatic rings. The van der Waals surface area contributed by atoms with Gasteiger partial charge in [0, 0.05) is 6.54 Å². The molecule has 0 aromatic heterocycles. The molecule has 0 bridgehead atoms. The molecule has 0 aliphatic carbocycles. The van der Waals surface area contributed by atoms with Crippen LogP contribution in [0.2, 0.25) is 0 Å². The van der Waals surface area contributed by atoms with Gasteiger partial charge >= 0.3 is 0 Å². The summed E-state index contributed by atoms with van der Waals surface area (Å²) in [6, 6.07) is 7.96. The van der Waals surface area contributed by atoms with Gasteiger partial charge in [0.25, 0.3) is 0 Å². The van der Waals surface area contributed by atoms with E-state index in [1.54, 1.807) is 0 Å². The van der Waals surface area contributed by atoms with Gasteiger partial charge in [0.1, 0.15) is 11.9 Å². The van der Waals surface area contributed by atoms with E-state index in [-0.39, 0.29) is 6.10 Å². The fourth-order valence-electron chi connectivity index (χ4n) is 1.48. The van der Waals surface area contributed by atoms with Crippen LogP contribution in [-0.2, 0) is 0 Å². The quantitative estimate of drug-likeness (QED) is 0.469. The van der Waals surface area contributed by atoms with Crippen molar-refractivity contribution in [2.45, 2.75) is 26.9 Å². The van der Waals surface area contributed by atoms with Crippen molar-refractivity contribution < 1.29 is 4.74 Å². The first-order valence-electron chi connectivity index (χ1n) is 6.39. The molecule has 0 aliphatic heterocycles. The maximum atomic E-state index is 5.76. The minimum absolute atomic E-state index is 0.0213. The van der Waals surface area contributed by atoms with Gasteiger partial charge in [-0.05, 0) is 38.5 Å². The molecule has 0 aliphatic rings. The summed E-state index contributed by atoms with van der Waals surface area (Å²) < 4.78 is 5.76. The molecule has 4 heteroatoms. The van der Waals surface area contributed by atoms with Crippen LogP contribution in [0.25, 0.3) is 0 Å². The molecule has 0 fully saturated rings. The van der Waals surface area contributed by atoms with Crippen LogP contribution >= 0.6 is 0 Å². The van der Waals surface area contributed by atoms with Gasteiger partial charge in [0.05, 0.1) is 6.54 Å². The summed E-state index contributed by atoms with van der Waals surface area (Å²) in [5.41, 5.74) is 7.92. The SMILES string of the molecule is C=C(C)CNC(N)=NCC(C)Oc1cccc(C)c1. The Morgan fingerprint density at radius 1 is 1.53 bits per heavy atom. The lowest BCUT2D eigenvalue weighted by Crippen LogP contribution is -2.33. The maximum absolute atomic E-state index is 5.76. The van der Waals surface area contributed by atoms with E-state index in [1.165, 1.54) is 5.56 Å². The number of nitrogens with two attached hydrogens (primary N) is 1. The van der Waals surface area contributed by atoms with E-state index in [1.807, 2.05) is 45.0 Å². The predicted molar refractivity (Wildman–Crippen MR) is 80.6 cm³/mol. The second kappa shape index (κ2) is 7.46. The summed E-state index contributed by atoms with van der Waals surface area (Å²) >= 11 is 0. The van der Waals surface area contributed by atoms with Crippen molar-refractivity contribution in [3.63, 3.8) is 0 Å². The number of rotatable bonds is 6. The third-order valence-electron chi connectivity index (χ3n) is 2.42. The number of guanidine groups is 1. The molecule has 0 radical (unpaired) electrons. The molecule has 1 atom stereocenters. The van der Waals surface area contributed by atoms with E-state index in [9.17, 15) is 0 Å². The van der Waals surface area contributed by atoms with E-state index < -0.39 is 0 Å². The number of aliphatic imine (C=N–C) groups is 1. The number of aryl methyl sites for hydroxylation is 1. The normalized spacial score (nSPS) is 12.9. The minimum atomic E-state index is -0.0213. The number of nitrogens with zero attached hydrogens (tertiary/aromatic N) is 1. The Balaban J connectivity index is 2.40. The molecule has 1 unspecified atom stereocenters. The van der Waals surface area contributed by atoms with Gasteiger partial charge in [0.2, 0.25) is 0 Å². The summed E-state index contributed by atoms with van der Waals surface area (Å²) in [7, 11) is 0. The lowest BCUT2D eigenvalue weighted by molar-refractivity contribution is 0.230. The third-order valence-corrected chi connectivity index (χ3v) is 2.42. The zero-order valence-electron chi connectivity index (χ0n) is 11.9. The first-order chi connectivity index (χ1) is 8.97. The van der Waals surface area contributed by atoms with E-state index in [0.717, 1.165) is 11.3 Å². The molecule has 0 heterocycles. The van der Waals surface area contributed by atoms with Crippen molar-refractivity contribution in [2.24, 2.45) is 10.7 Å². The summed E-state index contributed by atoms with van der Waals surface area (Å²) in [6.07, 6.45) is -0.0213. The number of hydrogen-bond donors (Lipinski definition) is 2. The fourth-order valence-corrected chi connectivity index (χ4v) is 1.48. The van der Waals surface area contributed by atoms with Crippen LogP contribution in [0.15, 0.2) is 41.4 Å². The van der Waals surface area contributed by atoms with Crippen LogP contribution in [0.5, 0.6) is 5.75 Å². The average molecular weight is 261 g/mol. The van der Waals surface area contributed by atoms with Crippen molar-refractivity contribution in [2.75, 3.05) is 13.1 Å². The van der Waals surface area contributed by atoms with Crippen LogP contribution in [-0.4, -0.2) is 25.2 Å². The maximum Gasteiger partial charge on any atom is 0.188 e. The highest BCUT2D eigenvalue weighted by atomic mass is 16.5. The smallest absolute Gasteiger partial charge is 0.188 e. The Morgan fingerprint density at radius 2 is 2.26 bits per heavy atom. The zero-order valence-corrected chi connectivity index (χ0v) is 11.9. The van der Waals surface area contributed by atoms with Crippen molar-refractivity contribution in [3.05, 3.63) is 42.0 Å². The Kier molecular flexibility index (Phi) is 5.93. The van der Waals surface area contributed by atoms with Gasteiger partial charge in [-0.25, -0.2) is 4.99 Å². The summed E-state index contributed by atoms with van der Waals surface area (Å²) in [6.45, 7) is 10.9. The molecule has 1 aromatic carbocycles. The van der Waals surface area contributed by atoms with Crippen molar-refractivity contribution in [1.82, 2.24) is 5.32 Å². The van der Waals surface area contributed by atoms with Gasteiger partial charge < -0.3 is 15.8 Å². The Labute approximate surface area is 115 Å². The zero-order chi connectivity index (χ0) is 14.3. The van der Waals surface area contributed by atoms with Gasteiger partial charge in [-0.1, -0.05) is 24.3 Å². The lowest BCUT2D eigenvalue weighted by Gasteiger charge is -2.13.